The van der Waals surface area contributed by atoms with E-state index in [0.717, 1.165) is 30.8 Å². The predicted molar refractivity (Wildman–Crippen MR) is 103 cm³/mol. The average molecular weight is 401 g/mol. The van der Waals surface area contributed by atoms with Crippen LogP contribution in [0.15, 0.2) is 33.9 Å². The number of aromatic amines is 1. The fourth-order valence-electron chi connectivity index (χ4n) is 4.20. The first-order valence-electron chi connectivity index (χ1n) is 9.74. The highest BCUT2D eigenvalue weighted by Gasteiger charge is 2.31. The summed E-state index contributed by atoms with van der Waals surface area (Å²) in [6, 6.07) is 3.54. The lowest BCUT2D eigenvalue weighted by molar-refractivity contribution is 0.177. The molecule has 0 aromatic carbocycles. The zero-order valence-electron chi connectivity index (χ0n) is 15.6. The molecule has 1 aliphatic heterocycles. The Balaban J connectivity index is 1.28. The largest absolute Gasteiger partial charge is 0.361 e. The number of fused-ring (bicyclic) bond motifs is 2. The Hall–Kier alpha value is -2.23. The molecule has 3 aromatic rings. The molecule has 0 atom stereocenters. The summed E-state index contributed by atoms with van der Waals surface area (Å²) in [5.41, 5.74) is 2.89. The van der Waals surface area contributed by atoms with Gasteiger partial charge in [-0.1, -0.05) is 5.16 Å². The number of sulfonamides is 1. The molecule has 3 aromatic heterocycles. The zero-order valence-corrected chi connectivity index (χ0v) is 16.4. The van der Waals surface area contributed by atoms with Crippen LogP contribution in [0.1, 0.15) is 29.9 Å². The van der Waals surface area contributed by atoms with Crippen molar-refractivity contribution in [2.45, 2.75) is 37.1 Å². The zero-order chi connectivity index (χ0) is 19.1. The van der Waals surface area contributed by atoms with Gasteiger partial charge in [0.25, 0.3) is 0 Å². The van der Waals surface area contributed by atoms with Gasteiger partial charge in [-0.3, -0.25) is 4.90 Å². The third-order valence-corrected chi connectivity index (χ3v) is 7.71. The van der Waals surface area contributed by atoms with Crippen LogP contribution in [0.5, 0.6) is 0 Å². The van der Waals surface area contributed by atoms with Crippen LogP contribution in [0.3, 0.4) is 0 Å². The van der Waals surface area contributed by atoms with E-state index in [-0.39, 0.29) is 0 Å². The monoisotopic (exact) mass is 401 g/mol. The molecular formula is C19H23N5O3S. The quantitative estimate of drug-likeness (QED) is 0.718. The smallest absolute Gasteiger partial charge is 0.245 e. The van der Waals surface area contributed by atoms with Crippen LogP contribution in [-0.4, -0.2) is 58.9 Å². The van der Waals surface area contributed by atoms with Gasteiger partial charge in [0.2, 0.25) is 10.0 Å². The Bertz CT molecular complexity index is 1100. The fourth-order valence-corrected chi connectivity index (χ4v) is 5.77. The van der Waals surface area contributed by atoms with E-state index in [1.54, 1.807) is 28.8 Å². The second-order valence-corrected chi connectivity index (χ2v) is 9.38. The molecule has 148 valence electrons. The topological polar surface area (TPSA) is 95.3 Å². The summed E-state index contributed by atoms with van der Waals surface area (Å²) >= 11 is 0. The van der Waals surface area contributed by atoms with Crippen LogP contribution >= 0.6 is 0 Å². The van der Waals surface area contributed by atoms with Gasteiger partial charge in [0.05, 0.1) is 0 Å². The van der Waals surface area contributed by atoms with Gasteiger partial charge in [0.1, 0.15) is 22.0 Å². The lowest BCUT2D eigenvalue weighted by Crippen LogP contribution is -2.48. The Morgan fingerprint density at radius 1 is 1.14 bits per heavy atom. The van der Waals surface area contributed by atoms with Gasteiger partial charge in [0, 0.05) is 62.5 Å². The van der Waals surface area contributed by atoms with Crippen LogP contribution in [0.4, 0.5) is 0 Å². The predicted octanol–water partition coefficient (Wildman–Crippen LogP) is 1.94. The maximum Gasteiger partial charge on any atom is 0.245 e. The van der Waals surface area contributed by atoms with E-state index in [1.165, 1.54) is 18.4 Å². The Labute approximate surface area is 163 Å². The first-order valence-corrected chi connectivity index (χ1v) is 11.2. The number of aromatic nitrogens is 3. The first kappa shape index (κ1) is 17.8. The highest BCUT2D eigenvalue weighted by atomic mass is 32.2. The molecular weight excluding hydrogens is 378 g/mol. The van der Waals surface area contributed by atoms with Crippen LogP contribution in [0.25, 0.3) is 11.0 Å². The van der Waals surface area contributed by atoms with Crippen molar-refractivity contribution in [1.82, 2.24) is 24.3 Å². The molecule has 9 heteroatoms. The summed E-state index contributed by atoms with van der Waals surface area (Å²) < 4.78 is 33.3. The highest BCUT2D eigenvalue weighted by Crippen LogP contribution is 2.27. The Kier molecular flexibility index (Phi) is 4.45. The third kappa shape index (κ3) is 3.03. The number of piperazine rings is 1. The number of rotatable bonds is 4. The molecule has 1 fully saturated rings. The van der Waals surface area contributed by atoms with Gasteiger partial charge >= 0.3 is 0 Å². The van der Waals surface area contributed by atoms with Crippen molar-refractivity contribution in [3.05, 3.63) is 41.5 Å². The van der Waals surface area contributed by atoms with Crippen molar-refractivity contribution >= 4 is 21.1 Å². The van der Waals surface area contributed by atoms with E-state index >= 15 is 0 Å². The Morgan fingerprint density at radius 2 is 1.96 bits per heavy atom. The van der Waals surface area contributed by atoms with Gasteiger partial charge in [0.15, 0.2) is 0 Å². The molecule has 0 radical (unpaired) electrons. The number of hydrogen-bond acceptors (Lipinski definition) is 6. The number of pyridine rings is 1. The number of nitrogens with one attached hydrogen (secondary N) is 1. The molecule has 0 unspecified atom stereocenters. The maximum absolute atomic E-state index is 13.1. The molecule has 1 saturated heterocycles. The summed E-state index contributed by atoms with van der Waals surface area (Å²) in [6.07, 6.45) is 7.57. The number of H-pyrrole nitrogens is 1. The molecule has 4 heterocycles. The van der Waals surface area contributed by atoms with Crippen LogP contribution < -0.4 is 0 Å². The highest BCUT2D eigenvalue weighted by molar-refractivity contribution is 7.89. The van der Waals surface area contributed by atoms with Gasteiger partial charge in [-0.15, -0.1) is 0 Å². The van der Waals surface area contributed by atoms with Crippen molar-refractivity contribution in [1.29, 1.82) is 0 Å². The minimum atomic E-state index is -3.54. The summed E-state index contributed by atoms with van der Waals surface area (Å²) in [7, 11) is -3.54. The fraction of sp³-hybridized carbons (Fsp3) is 0.474. The van der Waals surface area contributed by atoms with Gasteiger partial charge in [-0.2, -0.15) is 4.31 Å². The van der Waals surface area contributed by atoms with E-state index in [4.69, 9.17) is 4.52 Å². The molecule has 0 saturated carbocycles. The van der Waals surface area contributed by atoms with E-state index in [0.29, 0.717) is 42.1 Å². The van der Waals surface area contributed by atoms with Crippen LogP contribution in [-0.2, 0) is 29.4 Å². The SMILES string of the molecule is O=S(=O)(c1c[nH]c2ncccc12)N1CCN(Cc2noc3c2CCCC3)CC1. The normalized spacial score (nSPS) is 19.1. The molecule has 2 aliphatic rings. The summed E-state index contributed by atoms with van der Waals surface area (Å²) in [6.45, 7) is 3.03. The lowest BCUT2D eigenvalue weighted by Gasteiger charge is -2.33. The molecule has 1 N–H and O–H groups in total. The van der Waals surface area contributed by atoms with E-state index in [1.807, 2.05) is 0 Å². The molecule has 0 amide bonds. The van der Waals surface area contributed by atoms with Crippen LogP contribution in [0, 0.1) is 0 Å². The molecule has 28 heavy (non-hydrogen) atoms. The second-order valence-electron chi connectivity index (χ2n) is 7.47. The second kappa shape index (κ2) is 6.98. The molecule has 8 nitrogen and oxygen atoms in total. The average Bonchev–Trinajstić information content (AvgIpc) is 3.33. The molecule has 0 spiro atoms. The number of nitrogens with zero attached hydrogens (tertiary/aromatic N) is 4. The van der Waals surface area contributed by atoms with Gasteiger partial charge < -0.3 is 9.51 Å². The molecule has 0 bridgehead atoms. The van der Waals surface area contributed by atoms with Crippen molar-refractivity contribution in [3.8, 4) is 0 Å². The minimum absolute atomic E-state index is 0.301. The summed E-state index contributed by atoms with van der Waals surface area (Å²) in [5, 5.41) is 4.91. The lowest BCUT2D eigenvalue weighted by atomic mass is 9.96. The first-order chi connectivity index (χ1) is 13.6. The van der Waals surface area contributed by atoms with E-state index < -0.39 is 10.0 Å². The number of aryl methyl sites for hydroxylation is 1. The molecule has 1 aliphatic carbocycles. The van der Waals surface area contributed by atoms with Crippen molar-refractivity contribution < 1.29 is 12.9 Å². The van der Waals surface area contributed by atoms with Gasteiger partial charge in [-0.05, 0) is 31.4 Å². The van der Waals surface area contributed by atoms with Crippen molar-refractivity contribution in [2.24, 2.45) is 0 Å². The Morgan fingerprint density at radius 3 is 2.82 bits per heavy atom. The minimum Gasteiger partial charge on any atom is -0.361 e. The third-order valence-electron chi connectivity index (χ3n) is 5.77. The summed E-state index contributed by atoms with van der Waals surface area (Å²) in [5.74, 6) is 1.04. The van der Waals surface area contributed by atoms with Crippen LogP contribution in [0.2, 0.25) is 0 Å². The maximum atomic E-state index is 13.1. The van der Waals surface area contributed by atoms with E-state index in [2.05, 4.69) is 20.0 Å². The standard InChI is InChI=1S/C19H23N5O3S/c25-28(26,18-12-21-19-15(18)5-3-7-20-19)24-10-8-23(9-11-24)13-16-14-4-1-2-6-17(14)27-22-16/h3,5,7,12H,1-2,4,6,8-11,13H2,(H,20,21). The van der Waals surface area contributed by atoms with Gasteiger partial charge in [-0.25, -0.2) is 13.4 Å². The number of hydrogen-bond donors (Lipinski definition) is 1. The van der Waals surface area contributed by atoms with Crippen molar-refractivity contribution in [3.63, 3.8) is 0 Å². The molecule has 5 rings (SSSR count). The van der Waals surface area contributed by atoms with E-state index in [9.17, 15) is 8.42 Å². The summed E-state index contributed by atoms with van der Waals surface area (Å²) in [4.78, 5) is 9.70. The van der Waals surface area contributed by atoms with Crippen molar-refractivity contribution in [2.75, 3.05) is 26.2 Å².